The molecule has 1 heterocycles. The Balaban J connectivity index is 2.13. The summed E-state index contributed by atoms with van der Waals surface area (Å²) in [6, 6.07) is 10.0. The van der Waals surface area contributed by atoms with E-state index in [2.05, 4.69) is 62.0 Å². The first-order valence-corrected chi connectivity index (χ1v) is 8.25. The summed E-state index contributed by atoms with van der Waals surface area (Å²) < 4.78 is 0. The van der Waals surface area contributed by atoms with Gasteiger partial charge in [0.15, 0.2) is 0 Å². The van der Waals surface area contributed by atoms with Gasteiger partial charge in [-0.2, -0.15) is 0 Å². The highest BCUT2D eigenvalue weighted by molar-refractivity contribution is 5.25. The third kappa shape index (κ3) is 4.06. The van der Waals surface area contributed by atoms with Crippen LogP contribution in [0.25, 0.3) is 0 Å². The van der Waals surface area contributed by atoms with E-state index in [1.54, 1.807) is 0 Å². The minimum Gasteiger partial charge on any atom is -0.326 e. The van der Waals surface area contributed by atoms with Gasteiger partial charge in [0.05, 0.1) is 0 Å². The molecule has 0 saturated carbocycles. The van der Waals surface area contributed by atoms with Gasteiger partial charge in [-0.05, 0) is 52.4 Å². The Hall–Kier alpha value is -0.900. The summed E-state index contributed by atoms with van der Waals surface area (Å²) in [5, 5.41) is 0. The van der Waals surface area contributed by atoms with E-state index in [0.29, 0.717) is 12.1 Å². The van der Waals surface area contributed by atoms with Crippen LogP contribution < -0.4 is 5.73 Å². The second-order valence-corrected chi connectivity index (χ2v) is 6.64. The minimum absolute atomic E-state index is 0.185. The summed E-state index contributed by atoms with van der Waals surface area (Å²) in [6.07, 6.45) is 3.64. The zero-order valence-corrected chi connectivity index (χ0v) is 14.0. The van der Waals surface area contributed by atoms with E-state index >= 15 is 0 Å². The molecule has 3 unspecified atom stereocenters. The molecular weight excluding hydrogens is 258 g/mol. The van der Waals surface area contributed by atoms with Gasteiger partial charge < -0.3 is 10.6 Å². The second-order valence-electron chi connectivity index (χ2n) is 6.64. The van der Waals surface area contributed by atoms with E-state index in [1.807, 2.05) is 0 Å². The molecule has 1 saturated heterocycles. The Kier molecular flexibility index (Phi) is 5.80. The third-order valence-corrected chi connectivity index (χ3v) is 4.94. The fourth-order valence-electron chi connectivity index (χ4n) is 3.47. The number of nitrogens with two attached hydrogens (primary N) is 1. The van der Waals surface area contributed by atoms with E-state index in [1.165, 1.54) is 30.5 Å². The summed E-state index contributed by atoms with van der Waals surface area (Å²) in [5.41, 5.74) is 9.09. The molecule has 118 valence electrons. The molecule has 0 aromatic heterocycles. The van der Waals surface area contributed by atoms with E-state index < -0.39 is 0 Å². The highest BCUT2D eigenvalue weighted by Crippen LogP contribution is 2.26. The van der Waals surface area contributed by atoms with Crippen LogP contribution in [0.2, 0.25) is 0 Å². The molecule has 1 aliphatic rings. The number of nitrogens with zero attached hydrogens (tertiary/aromatic N) is 2. The first-order chi connectivity index (χ1) is 10.0. The lowest BCUT2D eigenvalue weighted by Gasteiger charge is -2.35. The fraction of sp³-hybridized carbons (Fsp3) is 0.667. The molecule has 1 aromatic rings. The van der Waals surface area contributed by atoms with Crippen molar-refractivity contribution in [2.75, 3.05) is 27.2 Å². The number of hydrogen-bond acceptors (Lipinski definition) is 3. The summed E-state index contributed by atoms with van der Waals surface area (Å²) in [7, 11) is 4.47. The maximum Gasteiger partial charge on any atom is 0.0496 e. The van der Waals surface area contributed by atoms with Gasteiger partial charge in [0.2, 0.25) is 0 Å². The smallest absolute Gasteiger partial charge is 0.0496 e. The summed E-state index contributed by atoms with van der Waals surface area (Å²) in [5.74, 6) is 0. The number of benzene rings is 1. The van der Waals surface area contributed by atoms with Crippen molar-refractivity contribution in [2.24, 2.45) is 5.73 Å². The summed E-state index contributed by atoms with van der Waals surface area (Å²) in [4.78, 5) is 4.95. The van der Waals surface area contributed by atoms with E-state index in [9.17, 15) is 0 Å². The third-order valence-electron chi connectivity index (χ3n) is 4.94. The molecule has 0 amide bonds. The number of likely N-dealkylation sites (tertiary alicyclic amines) is 1. The molecule has 0 aliphatic carbocycles. The van der Waals surface area contributed by atoms with Crippen molar-refractivity contribution in [1.82, 2.24) is 9.80 Å². The molecule has 0 spiro atoms. The molecule has 2 N–H and O–H groups in total. The van der Waals surface area contributed by atoms with E-state index in [0.717, 1.165) is 13.0 Å². The van der Waals surface area contributed by atoms with Gasteiger partial charge in [-0.3, -0.25) is 4.90 Å². The molecule has 21 heavy (non-hydrogen) atoms. The Morgan fingerprint density at radius 1 is 1.33 bits per heavy atom. The monoisotopic (exact) mass is 289 g/mol. The van der Waals surface area contributed by atoms with Crippen LogP contribution in [0.4, 0.5) is 0 Å². The Labute approximate surface area is 130 Å². The number of hydrogen-bond donors (Lipinski definition) is 1. The SMILES string of the molecule is CCC(N)C(c1ccc(C)cc1)N(C)CC1CCCN1C. The molecule has 3 nitrogen and oxygen atoms in total. The predicted molar refractivity (Wildman–Crippen MR) is 90.5 cm³/mol. The van der Waals surface area contributed by atoms with Crippen molar-refractivity contribution in [2.45, 2.75) is 51.2 Å². The first-order valence-electron chi connectivity index (χ1n) is 8.25. The number of likely N-dealkylation sites (N-methyl/N-ethyl adjacent to an activating group) is 2. The average molecular weight is 289 g/mol. The van der Waals surface area contributed by atoms with Crippen LogP contribution in [0.3, 0.4) is 0 Å². The van der Waals surface area contributed by atoms with Crippen molar-refractivity contribution in [1.29, 1.82) is 0 Å². The second kappa shape index (κ2) is 7.39. The molecule has 3 heteroatoms. The Morgan fingerprint density at radius 3 is 2.52 bits per heavy atom. The standard InChI is InChI=1S/C18H31N3/c1-5-17(19)18(15-10-8-14(2)9-11-15)21(4)13-16-7-6-12-20(16)3/h8-11,16-18H,5-7,12-13,19H2,1-4H3. The molecule has 0 radical (unpaired) electrons. The van der Waals surface area contributed by atoms with Crippen LogP contribution >= 0.6 is 0 Å². The molecule has 1 aromatic carbocycles. The lowest BCUT2D eigenvalue weighted by atomic mass is 9.95. The van der Waals surface area contributed by atoms with Gasteiger partial charge in [-0.1, -0.05) is 36.8 Å². The van der Waals surface area contributed by atoms with Crippen molar-refractivity contribution >= 4 is 0 Å². The fourth-order valence-corrected chi connectivity index (χ4v) is 3.47. The van der Waals surface area contributed by atoms with Crippen LogP contribution in [-0.4, -0.2) is 49.1 Å². The van der Waals surface area contributed by atoms with E-state index in [4.69, 9.17) is 5.73 Å². The Morgan fingerprint density at radius 2 is 2.00 bits per heavy atom. The molecule has 1 fully saturated rings. The minimum atomic E-state index is 0.185. The predicted octanol–water partition coefficient (Wildman–Crippen LogP) is 2.80. The first kappa shape index (κ1) is 16.5. The van der Waals surface area contributed by atoms with Gasteiger partial charge >= 0.3 is 0 Å². The maximum absolute atomic E-state index is 6.44. The normalized spacial score (nSPS) is 22.7. The van der Waals surface area contributed by atoms with Gasteiger partial charge in [0.25, 0.3) is 0 Å². The van der Waals surface area contributed by atoms with Gasteiger partial charge in [0.1, 0.15) is 0 Å². The van der Waals surface area contributed by atoms with Gasteiger partial charge in [-0.25, -0.2) is 0 Å². The number of rotatable bonds is 6. The molecular formula is C18H31N3. The molecule has 1 aliphatic heterocycles. The lowest BCUT2D eigenvalue weighted by Crippen LogP contribution is -2.44. The molecule has 2 rings (SSSR count). The topological polar surface area (TPSA) is 32.5 Å². The van der Waals surface area contributed by atoms with Crippen LogP contribution in [-0.2, 0) is 0 Å². The highest BCUT2D eigenvalue weighted by Gasteiger charge is 2.28. The summed E-state index contributed by atoms with van der Waals surface area (Å²) in [6.45, 7) is 6.65. The Bertz CT molecular complexity index is 429. The van der Waals surface area contributed by atoms with E-state index in [-0.39, 0.29) is 6.04 Å². The van der Waals surface area contributed by atoms with Crippen molar-refractivity contribution in [3.63, 3.8) is 0 Å². The zero-order chi connectivity index (χ0) is 15.4. The number of aryl methyl sites for hydroxylation is 1. The van der Waals surface area contributed by atoms with Gasteiger partial charge in [-0.15, -0.1) is 0 Å². The van der Waals surface area contributed by atoms with Crippen molar-refractivity contribution in [3.8, 4) is 0 Å². The summed E-state index contributed by atoms with van der Waals surface area (Å²) >= 11 is 0. The zero-order valence-electron chi connectivity index (χ0n) is 14.0. The van der Waals surface area contributed by atoms with Gasteiger partial charge in [0, 0.05) is 24.7 Å². The van der Waals surface area contributed by atoms with Crippen molar-refractivity contribution in [3.05, 3.63) is 35.4 Å². The molecule has 0 bridgehead atoms. The largest absolute Gasteiger partial charge is 0.326 e. The van der Waals surface area contributed by atoms with Crippen LogP contribution in [0.15, 0.2) is 24.3 Å². The van der Waals surface area contributed by atoms with Crippen LogP contribution in [0.5, 0.6) is 0 Å². The molecule has 3 atom stereocenters. The average Bonchev–Trinajstić information content (AvgIpc) is 2.86. The van der Waals surface area contributed by atoms with Crippen LogP contribution in [0, 0.1) is 6.92 Å². The van der Waals surface area contributed by atoms with Crippen molar-refractivity contribution < 1.29 is 0 Å². The quantitative estimate of drug-likeness (QED) is 0.874. The maximum atomic E-state index is 6.44. The van der Waals surface area contributed by atoms with Crippen LogP contribution in [0.1, 0.15) is 43.4 Å². The lowest BCUT2D eigenvalue weighted by molar-refractivity contribution is 0.157. The highest BCUT2D eigenvalue weighted by atomic mass is 15.2.